The van der Waals surface area contributed by atoms with Crippen molar-refractivity contribution in [1.29, 1.82) is 0 Å². The monoisotopic (exact) mass is 282 g/mol. The number of hydrogen-bond donors (Lipinski definition) is 0. The first-order chi connectivity index (χ1) is 9.81. The molecule has 2 heteroatoms. The molecule has 0 N–H and O–H groups in total. The summed E-state index contributed by atoms with van der Waals surface area (Å²) in [6, 6.07) is 21.1. The van der Waals surface area contributed by atoms with Gasteiger partial charge in [-0.2, -0.15) is 0 Å². The van der Waals surface area contributed by atoms with Crippen molar-refractivity contribution < 1.29 is 0 Å². The molecule has 102 valence electrons. The van der Waals surface area contributed by atoms with E-state index < -0.39 is 0 Å². The van der Waals surface area contributed by atoms with Crippen molar-refractivity contribution in [2.45, 2.75) is 26.2 Å². The van der Waals surface area contributed by atoms with Gasteiger partial charge < -0.3 is 0 Å². The first-order valence-corrected chi connectivity index (χ1v) is 7.65. The fourth-order valence-electron chi connectivity index (χ4n) is 2.32. The molecule has 0 bridgehead atoms. The van der Waals surface area contributed by atoms with Gasteiger partial charge in [0.2, 0.25) is 6.71 Å². The van der Waals surface area contributed by atoms with E-state index in [4.69, 9.17) is 11.6 Å². The Labute approximate surface area is 127 Å². The van der Waals surface area contributed by atoms with Crippen LogP contribution in [-0.4, -0.2) is 6.71 Å². The second-order valence-corrected chi connectivity index (χ2v) is 5.50. The van der Waals surface area contributed by atoms with Crippen molar-refractivity contribution in [2.75, 3.05) is 0 Å². The van der Waals surface area contributed by atoms with Crippen molar-refractivity contribution in [3.05, 3.63) is 71.7 Å². The fraction of sp³-hybridized carbons (Fsp3) is 0.222. The lowest BCUT2D eigenvalue weighted by molar-refractivity contribution is 0.808. The summed E-state index contributed by atoms with van der Waals surface area (Å²) in [4.78, 5) is 0. The van der Waals surface area contributed by atoms with Gasteiger partial charge in [0.05, 0.1) is 0 Å². The summed E-state index contributed by atoms with van der Waals surface area (Å²) in [6.07, 6.45) is 3.28. The summed E-state index contributed by atoms with van der Waals surface area (Å²) >= 11 is 6.42. The largest absolute Gasteiger partial charge is 0.235 e. The quantitative estimate of drug-likeness (QED) is 0.698. The molecule has 0 saturated heterocycles. The molecule has 0 atom stereocenters. The highest BCUT2D eigenvalue weighted by atomic mass is 35.5. The van der Waals surface area contributed by atoms with Crippen molar-refractivity contribution in [2.24, 2.45) is 0 Å². The van der Waals surface area contributed by atoms with Gasteiger partial charge in [-0.25, -0.2) is 0 Å². The van der Waals surface area contributed by atoms with Gasteiger partial charge in [-0.1, -0.05) is 103 Å². The van der Waals surface area contributed by atoms with E-state index in [-0.39, 0.29) is 6.71 Å². The Morgan fingerprint density at radius 2 is 1.45 bits per heavy atom. The summed E-state index contributed by atoms with van der Waals surface area (Å²) in [5.74, 6) is 2.20. The normalized spacial score (nSPS) is 11.4. The summed E-state index contributed by atoms with van der Waals surface area (Å²) < 4.78 is 0. The third kappa shape index (κ3) is 4.28. The van der Waals surface area contributed by atoms with E-state index in [2.05, 4.69) is 61.4 Å². The second-order valence-electron chi connectivity index (χ2n) is 5.02. The van der Waals surface area contributed by atoms with Crippen LogP contribution in [-0.2, 0) is 0 Å². The highest BCUT2D eigenvalue weighted by Gasteiger charge is 2.16. The zero-order chi connectivity index (χ0) is 14.2. The molecule has 0 amide bonds. The van der Waals surface area contributed by atoms with Crippen LogP contribution < -0.4 is 10.9 Å². The van der Waals surface area contributed by atoms with E-state index >= 15 is 0 Å². The van der Waals surface area contributed by atoms with Crippen molar-refractivity contribution >= 4 is 29.2 Å². The Hall–Kier alpha value is -1.47. The molecule has 0 saturated carbocycles. The molecule has 0 radical (unpaired) electrons. The molecule has 2 aromatic carbocycles. The Bertz CT molecular complexity index is 494. The standard InChI is InChI=1S/C18H20BCl/c1-2-3-14-18(20)15-19(16-10-6-4-7-11-16)17-12-8-5-9-13-17/h4-13,15H,2-3,14H2,1H3/b18-15-. The lowest BCUT2D eigenvalue weighted by Gasteiger charge is -2.11. The maximum atomic E-state index is 6.42. The molecule has 0 aliphatic heterocycles. The number of allylic oxidation sites excluding steroid dienone is 1. The minimum absolute atomic E-state index is 0.238. The average Bonchev–Trinajstić information content (AvgIpc) is 2.52. The zero-order valence-corrected chi connectivity index (χ0v) is 12.7. The van der Waals surface area contributed by atoms with E-state index in [1.54, 1.807) is 0 Å². The zero-order valence-electron chi connectivity index (χ0n) is 11.9. The number of halogens is 1. The van der Waals surface area contributed by atoms with Crippen LogP contribution in [0.3, 0.4) is 0 Å². The van der Waals surface area contributed by atoms with Gasteiger partial charge >= 0.3 is 0 Å². The first kappa shape index (κ1) is 14.9. The van der Waals surface area contributed by atoms with E-state index in [0.29, 0.717) is 0 Å². The van der Waals surface area contributed by atoms with Crippen molar-refractivity contribution in [3.63, 3.8) is 0 Å². The molecule has 0 aliphatic carbocycles. The van der Waals surface area contributed by atoms with Gasteiger partial charge in [0, 0.05) is 5.03 Å². The number of hydrogen-bond acceptors (Lipinski definition) is 0. The SMILES string of the molecule is CCCC/C(Cl)=C/B(c1ccccc1)c1ccccc1. The van der Waals surface area contributed by atoms with Gasteiger partial charge in [-0.3, -0.25) is 0 Å². The highest BCUT2D eigenvalue weighted by molar-refractivity contribution is 6.89. The predicted molar refractivity (Wildman–Crippen MR) is 91.4 cm³/mol. The lowest BCUT2D eigenvalue weighted by atomic mass is 9.40. The minimum atomic E-state index is 0.238. The molecule has 0 spiro atoms. The molecular formula is C18H20BCl. The molecular weight excluding hydrogens is 262 g/mol. The van der Waals surface area contributed by atoms with E-state index in [0.717, 1.165) is 17.9 Å². The molecule has 0 unspecified atom stereocenters. The third-order valence-corrected chi connectivity index (χ3v) is 3.75. The summed E-state index contributed by atoms with van der Waals surface area (Å²) in [5.41, 5.74) is 2.57. The lowest BCUT2D eigenvalue weighted by Crippen LogP contribution is -2.40. The van der Waals surface area contributed by atoms with Crippen LogP contribution in [0.4, 0.5) is 0 Å². The van der Waals surface area contributed by atoms with Gasteiger partial charge in [0.1, 0.15) is 0 Å². The second kappa shape index (κ2) is 7.96. The fourth-order valence-corrected chi connectivity index (χ4v) is 2.58. The first-order valence-electron chi connectivity index (χ1n) is 7.27. The molecule has 2 rings (SSSR count). The van der Waals surface area contributed by atoms with E-state index in [9.17, 15) is 0 Å². The van der Waals surface area contributed by atoms with Crippen LogP contribution in [0, 0.1) is 0 Å². The third-order valence-electron chi connectivity index (χ3n) is 3.43. The molecule has 0 fully saturated rings. The summed E-state index contributed by atoms with van der Waals surface area (Å²) in [6.45, 7) is 2.43. The van der Waals surface area contributed by atoms with Gasteiger partial charge in [0.15, 0.2) is 0 Å². The number of unbranched alkanes of at least 4 members (excludes halogenated alkanes) is 1. The van der Waals surface area contributed by atoms with E-state index in [1.807, 2.05) is 12.1 Å². The maximum Gasteiger partial charge on any atom is 0.235 e. The smallest absolute Gasteiger partial charge is 0.0908 e. The van der Waals surface area contributed by atoms with Gasteiger partial charge in [-0.05, 0) is 12.8 Å². The van der Waals surface area contributed by atoms with Crippen LogP contribution in [0.5, 0.6) is 0 Å². The topological polar surface area (TPSA) is 0 Å². The van der Waals surface area contributed by atoms with Crippen LogP contribution in [0.1, 0.15) is 26.2 Å². The molecule has 0 nitrogen and oxygen atoms in total. The van der Waals surface area contributed by atoms with E-state index in [1.165, 1.54) is 17.3 Å². The molecule has 0 aliphatic rings. The molecule has 2 aromatic rings. The number of rotatable bonds is 6. The number of benzene rings is 2. The Kier molecular flexibility index (Phi) is 5.95. The summed E-state index contributed by atoms with van der Waals surface area (Å²) in [7, 11) is 0. The maximum absolute atomic E-state index is 6.42. The van der Waals surface area contributed by atoms with Crippen LogP contribution in [0.15, 0.2) is 71.7 Å². The minimum Gasteiger partial charge on any atom is -0.0908 e. The predicted octanol–water partition coefficient (Wildman–Crippen LogP) is 4.15. The van der Waals surface area contributed by atoms with Crippen LogP contribution in [0.2, 0.25) is 0 Å². The molecule has 0 aromatic heterocycles. The Morgan fingerprint density at radius 1 is 0.950 bits per heavy atom. The van der Waals surface area contributed by atoms with Crippen molar-refractivity contribution in [3.8, 4) is 0 Å². The highest BCUT2D eigenvalue weighted by Crippen LogP contribution is 2.12. The average molecular weight is 283 g/mol. The Balaban J connectivity index is 2.30. The molecule has 20 heavy (non-hydrogen) atoms. The molecule has 0 heterocycles. The van der Waals surface area contributed by atoms with Gasteiger partial charge in [-0.15, -0.1) is 0 Å². The van der Waals surface area contributed by atoms with Crippen LogP contribution in [0.25, 0.3) is 0 Å². The Morgan fingerprint density at radius 3 is 1.90 bits per heavy atom. The summed E-state index contributed by atoms with van der Waals surface area (Å²) in [5, 5.41) is 0.963. The van der Waals surface area contributed by atoms with Crippen molar-refractivity contribution in [1.82, 2.24) is 0 Å². The van der Waals surface area contributed by atoms with Crippen LogP contribution >= 0.6 is 11.6 Å². The van der Waals surface area contributed by atoms with Gasteiger partial charge in [0.25, 0.3) is 0 Å².